The summed E-state index contributed by atoms with van der Waals surface area (Å²) in [5, 5.41) is 12.3. The average Bonchev–Trinajstić information content (AvgIpc) is 2.16. The molecule has 0 aliphatic carbocycles. The molecular formula is C10H11BrClNO2. The van der Waals surface area contributed by atoms with Gasteiger partial charge in [0.15, 0.2) is 0 Å². The molecule has 15 heavy (non-hydrogen) atoms. The molecule has 0 aliphatic rings. The quantitative estimate of drug-likeness (QED) is 0.900. The number of halogens is 2. The summed E-state index contributed by atoms with van der Waals surface area (Å²) in [5.41, 5.74) is -0.625. The van der Waals surface area contributed by atoms with Gasteiger partial charge >= 0.3 is 5.97 Å². The van der Waals surface area contributed by atoms with Crippen LogP contribution in [0.4, 0.5) is 0 Å². The van der Waals surface area contributed by atoms with Crippen LogP contribution in [0.25, 0.3) is 0 Å². The van der Waals surface area contributed by atoms with Crippen molar-refractivity contribution in [3.8, 4) is 0 Å². The van der Waals surface area contributed by atoms with Gasteiger partial charge in [-0.2, -0.15) is 0 Å². The summed E-state index contributed by atoms with van der Waals surface area (Å²) < 4.78 is 0.820. The van der Waals surface area contributed by atoms with E-state index in [2.05, 4.69) is 21.2 Å². The Bertz CT molecular complexity index is 397. The Kier molecular flexibility index (Phi) is 3.76. The molecule has 3 nitrogen and oxygen atoms in total. The molecule has 0 heterocycles. The molecule has 1 aromatic rings. The minimum absolute atomic E-state index is 0.420. The lowest BCUT2D eigenvalue weighted by molar-refractivity contribution is -0.144. The number of likely N-dealkylation sites (N-methyl/N-ethyl adjacent to an activating group) is 1. The lowest BCUT2D eigenvalue weighted by atomic mass is 9.92. The molecule has 0 saturated heterocycles. The van der Waals surface area contributed by atoms with Crippen LogP contribution in [0, 0.1) is 0 Å². The minimum atomic E-state index is -1.17. The van der Waals surface area contributed by atoms with Gasteiger partial charge < -0.3 is 10.4 Å². The molecule has 0 spiro atoms. The standard InChI is InChI=1S/C10H11BrClNO2/c1-10(13-2,9(14)15)7-4-3-6(11)5-8(7)12/h3-5,13H,1-2H3,(H,14,15). The predicted molar refractivity (Wildman–Crippen MR) is 63.2 cm³/mol. The van der Waals surface area contributed by atoms with Crippen molar-refractivity contribution in [3.05, 3.63) is 33.3 Å². The van der Waals surface area contributed by atoms with E-state index < -0.39 is 11.5 Å². The molecule has 1 atom stereocenters. The first-order valence-electron chi connectivity index (χ1n) is 4.29. The summed E-state index contributed by atoms with van der Waals surface area (Å²) in [6.07, 6.45) is 0. The van der Waals surface area contributed by atoms with E-state index in [1.807, 2.05) is 0 Å². The van der Waals surface area contributed by atoms with E-state index in [1.165, 1.54) is 0 Å². The third-order valence-electron chi connectivity index (χ3n) is 2.40. The van der Waals surface area contributed by atoms with Gasteiger partial charge in [-0.1, -0.05) is 33.6 Å². The zero-order valence-electron chi connectivity index (χ0n) is 8.34. The van der Waals surface area contributed by atoms with E-state index in [9.17, 15) is 4.79 Å². The summed E-state index contributed by atoms with van der Waals surface area (Å²) in [5.74, 6) is -0.964. The number of carboxylic acid groups (broad SMARTS) is 1. The highest BCUT2D eigenvalue weighted by Crippen LogP contribution is 2.30. The molecule has 0 bridgehead atoms. The molecule has 0 amide bonds. The van der Waals surface area contributed by atoms with Crippen LogP contribution in [-0.2, 0) is 10.3 Å². The summed E-state index contributed by atoms with van der Waals surface area (Å²) in [6.45, 7) is 1.57. The van der Waals surface area contributed by atoms with Gasteiger partial charge in [0.1, 0.15) is 5.54 Å². The molecule has 1 rings (SSSR count). The zero-order chi connectivity index (χ0) is 11.6. The van der Waals surface area contributed by atoms with Gasteiger partial charge in [-0.3, -0.25) is 0 Å². The number of benzene rings is 1. The SMILES string of the molecule is CNC(C)(C(=O)O)c1ccc(Br)cc1Cl. The topological polar surface area (TPSA) is 49.3 Å². The largest absolute Gasteiger partial charge is 0.480 e. The summed E-state index contributed by atoms with van der Waals surface area (Å²) in [4.78, 5) is 11.2. The van der Waals surface area contributed by atoms with E-state index in [-0.39, 0.29) is 0 Å². The molecule has 1 unspecified atom stereocenters. The second-order valence-electron chi connectivity index (χ2n) is 3.30. The van der Waals surface area contributed by atoms with Gasteiger partial charge in [-0.05, 0) is 26.1 Å². The number of carboxylic acids is 1. The third-order valence-corrected chi connectivity index (χ3v) is 3.20. The first kappa shape index (κ1) is 12.5. The Balaban J connectivity index is 3.30. The normalized spacial score (nSPS) is 14.7. The molecule has 82 valence electrons. The Morgan fingerprint density at radius 2 is 2.20 bits per heavy atom. The Labute approximate surface area is 102 Å². The van der Waals surface area contributed by atoms with Crippen molar-refractivity contribution in [2.24, 2.45) is 0 Å². The molecule has 0 saturated carbocycles. The first-order chi connectivity index (χ1) is 6.91. The monoisotopic (exact) mass is 291 g/mol. The molecule has 2 N–H and O–H groups in total. The van der Waals surface area contributed by atoms with Crippen LogP contribution < -0.4 is 5.32 Å². The molecule has 0 aliphatic heterocycles. The van der Waals surface area contributed by atoms with Crippen molar-refractivity contribution in [2.75, 3.05) is 7.05 Å². The molecule has 0 aromatic heterocycles. The molecule has 0 radical (unpaired) electrons. The van der Waals surface area contributed by atoms with Crippen molar-refractivity contribution in [2.45, 2.75) is 12.5 Å². The Morgan fingerprint density at radius 3 is 2.60 bits per heavy atom. The summed E-state index contributed by atoms with van der Waals surface area (Å²) >= 11 is 9.27. The van der Waals surface area contributed by atoms with Gasteiger partial charge in [0.05, 0.1) is 0 Å². The van der Waals surface area contributed by atoms with Gasteiger partial charge in [-0.25, -0.2) is 4.79 Å². The molecule has 1 aromatic carbocycles. The van der Waals surface area contributed by atoms with Crippen LogP contribution in [0.15, 0.2) is 22.7 Å². The number of nitrogens with one attached hydrogen (secondary N) is 1. The van der Waals surface area contributed by atoms with Gasteiger partial charge in [0, 0.05) is 15.1 Å². The first-order valence-corrected chi connectivity index (χ1v) is 5.46. The van der Waals surface area contributed by atoms with Crippen LogP contribution in [0.1, 0.15) is 12.5 Å². The highest BCUT2D eigenvalue weighted by atomic mass is 79.9. The zero-order valence-corrected chi connectivity index (χ0v) is 10.7. The fourth-order valence-electron chi connectivity index (χ4n) is 1.25. The highest BCUT2D eigenvalue weighted by molar-refractivity contribution is 9.10. The van der Waals surface area contributed by atoms with Crippen LogP contribution in [0.3, 0.4) is 0 Å². The van der Waals surface area contributed by atoms with E-state index in [4.69, 9.17) is 16.7 Å². The number of rotatable bonds is 3. The van der Waals surface area contributed by atoms with Crippen molar-refractivity contribution >= 4 is 33.5 Å². The minimum Gasteiger partial charge on any atom is -0.480 e. The van der Waals surface area contributed by atoms with E-state index in [0.29, 0.717) is 10.6 Å². The van der Waals surface area contributed by atoms with Crippen LogP contribution in [0.5, 0.6) is 0 Å². The molecule has 5 heteroatoms. The van der Waals surface area contributed by atoms with Gasteiger partial charge in [0.25, 0.3) is 0 Å². The molecular weight excluding hydrogens is 281 g/mol. The number of hydrogen-bond donors (Lipinski definition) is 2. The maximum Gasteiger partial charge on any atom is 0.328 e. The van der Waals surface area contributed by atoms with Crippen molar-refractivity contribution in [1.29, 1.82) is 0 Å². The number of aliphatic carboxylic acids is 1. The second-order valence-corrected chi connectivity index (χ2v) is 4.63. The van der Waals surface area contributed by atoms with Crippen LogP contribution in [0.2, 0.25) is 5.02 Å². The maximum absolute atomic E-state index is 11.2. The second kappa shape index (κ2) is 4.51. The van der Waals surface area contributed by atoms with Crippen molar-refractivity contribution in [3.63, 3.8) is 0 Å². The van der Waals surface area contributed by atoms with E-state index in [1.54, 1.807) is 32.2 Å². The number of hydrogen-bond acceptors (Lipinski definition) is 2. The van der Waals surface area contributed by atoms with E-state index in [0.717, 1.165) is 4.47 Å². The average molecular weight is 293 g/mol. The maximum atomic E-state index is 11.2. The Hall–Kier alpha value is -0.580. The highest BCUT2D eigenvalue weighted by Gasteiger charge is 2.35. The van der Waals surface area contributed by atoms with E-state index >= 15 is 0 Å². The van der Waals surface area contributed by atoms with Gasteiger partial charge in [-0.15, -0.1) is 0 Å². The van der Waals surface area contributed by atoms with Gasteiger partial charge in [0.2, 0.25) is 0 Å². The summed E-state index contributed by atoms with van der Waals surface area (Å²) in [7, 11) is 1.59. The summed E-state index contributed by atoms with van der Waals surface area (Å²) in [6, 6.07) is 5.13. The smallest absolute Gasteiger partial charge is 0.328 e. The fourth-order valence-corrected chi connectivity index (χ4v) is 2.11. The lowest BCUT2D eigenvalue weighted by Gasteiger charge is -2.25. The number of carbonyl (C=O) groups is 1. The van der Waals surface area contributed by atoms with Crippen molar-refractivity contribution < 1.29 is 9.90 Å². The van der Waals surface area contributed by atoms with Crippen LogP contribution in [-0.4, -0.2) is 18.1 Å². The lowest BCUT2D eigenvalue weighted by Crippen LogP contribution is -2.44. The predicted octanol–water partition coefficient (Wildman–Crippen LogP) is 2.62. The van der Waals surface area contributed by atoms with Crippen molar-refractivity contribution in [1.82, 2.24) is 5.32 Å². The third kappa shape index (κ3) is 2.33. The fraction of sp³-hybridized carbons (Fsp3) is 0.300. The molecule has 0 fully saturated rings. The Morgan fingerprint density at radius 1 is 1.60 bits per heavy atom. The van der Waals surface area contributed by atoms with Crippen LogP contribution >= 0.6 is 27.5 Å².